The monoisotopic (exact) mass is 374 g/mol. The Morgan fingerprint density at radius 3 is 2.29 bits per heavy atom. The fourth-order valence-corrected chi connectivity index (χ4v) is 2.73. The standard InChI is InChI=1S/C15H13BrClFO3/c1-20-13-6-11(12(17)7-14(13)21-2)15(19)8-3-9(16)5-10(18)4-8/h3-7,15,19H,1-2H3. The first-order valence-electron chi connectivity index (χ1n) is 6.01. The van der Waals surface area contributed by atoms with Crippen molar-refractivity contribution < 1.29 is 19.0 Å². The molecule has 0 saturated heterocycles. The van der Waals surface area contributed by atoms with Crippen LogP contribution in [0.1, 0.15) is 17.2 Å². The van der Waals surface area contributed by atoms with Crippen LogP contribution in [-0.4, -0.2) is 19.3 Å². The summed E-state index contributed by atoms with van der Waals surface area (Å²) in [5.74, 6) is 0.445. The SMILES string of the molecule is COc1cc(Cl)c(C(O)c2cc(F)cc(Br)c2)cc1OC. The number of benzene rings is 2. The Morgan fingerprint density at radius 1 is 1.10 bits per heavy atom. The van der Waals surface area contributed by atoms with Crippen molar-refractivity contribution in [3.63, 3.8) is 0 Å². The van der Waals surface area contributed by atoms with E-state index in [0.717, 1.165) is 0 Å². The van der Waals surface area contributed by atoms with E-state index in [4.69, 9.17) is 21.1 Å². The molecule has 2 aromatic carbocycles. The summed E-state index contributed by atoms with van der Waals surface area (Å²) < 4.78 is 24.3. The van der Waals surface area contributed by atoms with Gasteiger partial charge in [-0.15, -0.1) is 0 Å². The molecule has 2 aromatic rings. The Morgan fingerprint density at radius 2 is 1.71 bits per heavy atom. The molecule has 0 aliphatic heterocycles. The van der Waals surface area contributed by atoms with Crippen LogP contribution in [0.5, 0.6) is 11.5 Å². The zero-order valence-corrected chi connectivity index (χ0v) is 13.7. The van der Waals surface area contributed by atoms with E-state index in [1.54, 1.807) is 18.2 Å². The summed E-state index contributed by atoms with van der Waals surface area (Å²) in [7, 11) is 2.98. The van der Waals surface area contributed by atoms with Gasteiger partial charge in [0.2, 0.25) is 0 Å². The molecule has 0 radical (unpaired) electrons. The number of halogens is 3. The Balaban J connectivity index is 2.49. The molecule has 1 unspecified atom stereocenters. The minimum Gasteiger partial charge on any atom is -0.493 e. The highest BCUT2D eigenvalue weighted by Crippen LogP contribution is 2.38. The molecule has 2 rings (SSSR count). The van der Waals surface area contributed by atoms with E-state index in [2.05, 4.69) is 15.9 Å². The van der Waals surface area contributed by atoms with Gasteiger partial charge in [-0.1, -0.05) is 27.5 Å². The summed E-state index contributed by atoms with van der Waals surface area (Å²) in [5.41, 5.74) is 0.794. The summed E-state index contributed by atoms with van der Waals surface area (Å²) in [6.45, 7) is 0. The lowest BCUT2D eigenvalue weighted by molar-refractivity contribution is 0.219. The second-order valence-electron chi connectivity index (χ2n) is 4.33. The Labute approximate surface area is 135 Å². The third kappa shape index (κ3) is 3.48. The number of methoxy groups -OCH3 is 2. The van der Waals surface area contributed by atoms with Gasteiger partial charge in [0.1, 0.15) is 11.9 Å². The fourth-order valence-electron chi connectivity index (χ4n) is 1.99. The fraction of sp³-hybridized carbons (Fsp3) is 0.200. The van der Waals surface area contributed by atoms with Gasteiger partial charge in [0.25, 0.3) is 0 Å². The molecule has 0 amide bonds. The predicted molar refractivity (Wildman–Crippen MR) is 82.7 cm³/mol. The number of hydrogen-bond donors (Lipinski definition) is 1. The molecule has 0 aliphatic carbocycles. The first kappa shape index (κ1) is 16.1. The molecular formula is C15H13BrClFO3. The largest absolute Gasteiger partial charge is 0.493 e. The molecule has 112 valence electrons. The number of rotatable bonds is 4. The summed E-state index contributed by atoms with van der Waals surface area (Å²) in [6.07, 6.45) is -1.08. The molecule has 0 aliphatic rings. The maximum absolute atomic E-state index is 13.4. The van der Waals surface area contributed by atoms with Crippen molar-refractivity contribution in [2.45, 2.75) is 6.10 Å². The number of ether oxygens (including phenoxy) is 2. The van der Waals surface area contributed by atoms with Gasteiger partial charge in [-0.2, -0.15) is 0 Å². The van der Waals surface area contributed by atoms with Crippen molar-refractivity contribution >= 4 is 27.5 Å². The van der Waals surface area contributed by atoms with Crippen molar-refractivity contribution in [2.24, 2.45) is 0 Å². The van der Waals surface area contributed by atoms with Crippen LogP contribution in [0.15, 0.2) is 34.8 Å². The Kier molecular flexibility index (Phi) is 5.08. The van der Waals surface area contributed by atoms with Gasteiger partial charge in [0, 0.05) is 16.1 Å². The van der Waals surface area contributed by atoms with E-state index < -0.39 is 11.9 Å². The van der Waals surface area contributed by atoms with Gasteiger partial charge in [-0.25, -0.2) is 4.39 Å². The smallest absolute Gasteiger partial charge is 0.162 e. The second kappa shape index (κ2) is 6.64. The zero-order valence-electron chi connectivity index (χ0n) is 11.4. The number of aliphatic hydroxyl groups excluding tert-OH is 1. The van der Waals surface area contributed by atoms with Crippen molar-refractivity contribution in [3.05, 3.63) is 56.8 Å². The van der Waals surface area contributed by atoms with Crippen LogP contribution >= 0.6 is 27.5 Å². The van der Waals surface area contributed by atoms with E-state index in [0.29, 0.717) is 32.1 Å². The Hall–Kier alpha value is -1.30. The van der Waals surface area contributed by atoms with E-state index in [-0.39, 0.29) is 0 Å². The lowest BCUT2D eigenvalue weighted by atomic mass is 10.0. The Bertz CT molecular complexity index is 643. The quantitative estimate of drug-likeness (QED) is 0.864. The van der Waals surface area contributed by atoms with E-state index in [1.807, 2.05) is 0 Å². The molecule has 0 bridgehead atoms. The molecule has 0 heterocycles. The minimum atomic E-state index is -1.08. The van der Waals surface area contributed by atoms with Crippen molar-refractivity contribution in [1.29, 1.82) is 0 Å². The lowest BCUT2D eigenvalue weighted by Gasteiger charge is -2.17. The van der Waals surface area contributed by atoms with Crippen LogP contribution in [0, 0.1) is 5.82 Å². The van der Waals surface area contributed by atoms with Crippen LogP contribution in [0.25, 0.3) is 0 Å². The van der Waals surface area contributed by atoms with Crippen LogP contribution in [0.2, 0.25) is 5.02 Å². The highest BCUT2D eigenvalue weighted by Gasteiger charge is 2.19. The van der Waals surface area contributed by atoms with Crippen LogP contribution in [0.3, 0.4) is 0 Å². The van der Waals surface area contributed by atoms with Crippen LogP contribution in [0.4, 0.5) is 4.39 Å². The van der Waals surface area contributed by atoms with Gasteiger partial charge in [-0.3, -0.25) is 0 Å². The predicted octanol–water partition coefficient (Wildman–Crippen LogP) is 4.34. The summed E-state index contributed by atoms with van der Waals surface area (Å²) in [6, 6.07) is 7.31. The molecule has 0 saturated carbocycles. The first-order valence-corrected chi connectivity index (χ1v) is 7.18. The molecule has 21 heavy (non-hydrogen) atoms. The van der Waals surface area contributed by atoms with E-state index in [1.165, 1.54) is 26.4 Å². The van der Waals surface area contributed by atoms with Gasteiger partial charge < -0.3 is 14.6 Å². The summed E-state index contributed by atoms with van der Waals surface area (Å²) >= 11 is 9.35. The molecule has 0 aromatic heterocycles. The highest BCUT2D eigenvalue weighted by atomic mass is 79.9. The number of hydrogen-bond acceptors (Lipinski definition) is 3. The highest BCUT2D eigenvalue weighted by molar-refractivity contribution is 9.10. The molecule has 1 atom stereocenters. The lowest BCUT2D eigenvalue weighted by Crippen LogP contribution is -2.03. The van der Waals surface area contributed by atoms with Gasteiger partial charge in [-0.05, 0) is 29.8 Å². The summed E-state index contributed by atoms with van der Waals surface area (Å²) in [5, 5.41) is 10.7. The third-order valence-electron chi connectivity index (χ3n) is 3.00. The van der Waals surface area contributed by atoms with Gasteiger partial charge >= 0.3 is 0 Å². The zero-order chi connectivity index (χ0) is 15.6. The first-order chi connectivity index (χ1) is 9.96. The van der Waals surface area contributed by atoms with Gasteiger partial charge in [0.15, 0.2) is 11.5 Å². The van der Waals surface area contributed by atoms with Gasteiger partial charge in [0.05, 0.1) is 19.2 Å². The topological polar surface area (TPSA) is 38.7 Å². The molecule has 3 nitrogen and oxygen atoms in total. The molecule has 6 heteroatoms. The average Bonchev–Trinajstić information content (AvgIpc) is 2.45. The second-order valence-corrected chi connectivity index (χ2v) is 5.66. The van der Waals surface area contributed by atoms with Crippen molar-refractivity contribution in [1.82, 2.24) is 0 Å². The minimum absolute atomic E-state index is 0.306. The van der Waals surface area contributed by atoms with Crippen LogP contribution in [-0.2, 0) is 0 Å². The average molecular weight is 376 g/mol. The molecule has 0 spiro atoms. The van der Waals surface area contributed by atoms with E-state index in [9.17, 15) is 9.50 Å². The number of aliphatic hydroxyl groups is 1. The normalized spacial score (nSPS) is 12.1. The maximum atomic E-state index is 13.4. The maximum Gasteiger partial charge on any atom is 0.162 e. The molecule has 1 N–H and O–H groups in total. The third-order valence-corrected chi connectivity index (χ3v) is 3.78. The summed E-state index contributed by atoms with van der Waals surface area (Å²) in [4.78, 5) is 0. The molecule has 0 fully saturated rings. The van der Waals surface area contributed by atoms with Crippen LogP contribution < -0.4 is 9.47 Å². The van der Waals surface area contributed by atoms with Crippen molar-refractivity contribution in [3.8, 4) is 11.5 Å². The van der Waals surface area contributed by atoms with Crippen molar-refractivity contribution in [2.75, 3.05) is 14.2 Å². The molecular weight excluding hydrogens is 363 g/mol. The van der Waals surface area contributed by atoms with E-state index >= 15 is 0 Å².